The van der Waals surface area contributed by atoms with Gasteiger partial charge in [0.1, 0.15) is 5.60 Å². The zero-order chi connectivity index (χ0) is 32.3. The highest BCUT2D eigenvalue weighted by atomic mass is 16.6. The molecule has 2 aromatic heterocycles. The Balaban J connectivity index is 1.40. The molecular formula is C32H42N8O5. The zero-order valence-electron chi connectivity index (χ0n) is 26.5. The Labute approximate surface area is 263 Å². The van der Waals surface area contributed by atoms with Crippen LogP contribution < -0.4 is 30.9 Å². The Morgan fingerprint density at radius 1 is 1.02 bits per heavy atom. The lowest BCUT2D eigenvalue weighted by molar-refractivity contribution is 0.0495. The van der Waals surface area contributed by atoms with Crippen LogP contribution in [0.5, 0.6) is 5.75 Å². The minimum absolute atomic E-state index is 0.0430. The van der Waals surface area contributed by atoms with Crippen molar-refractivity contribution in [2.24, 2.45) is 11.7 Å². The fourth-order valence-corrected chi connectivity index (χ4v) is 5.81. The second kappa shape index (κ2) is 13.1. The van der Waals surface area contributed by atoms with Crippen molar-refractivity contribution >= 4 is 46.1 Å². The molecule has 2 atom stereocenters. The van der Waals surface area contributed by atoms with Gasteiger partial charge < -0.3 is 40.5 Å². The van der Waals surface area contributed by atoms with Crippen LogP contribution >= 0.6 is 0 Å². The van der Waals surface area contributed by atoms with Gasteiger partial charge in [-0.25, -0.2) is 14.6 Å². The van der Waals surface area contributed by atoms with E-state index in [1.807, 2.05) is 45.0 Å². The third kappa shape index (κ3) is 8.09. The number of carbonyl (C=O) groups excluding carboxylic acids is 3. The minimum atomic E-state index is -1.05. The summed E-state index contributed by atoms with van der Waals surface area (Å²) in [6.07, 6.45) is 2.48. The number of nitrogens with zero attached hydrogens (tertiary/aromatic N) is 5. The molecule has 0 unspecified atom stereocenters. The fraction of sp³-hybridized carbons (Fsp3) is 0.469. The molecule has 4 N–H and O–H groups in total. The molecule has 0 radical (unpaired) electrons. The number of primary amides is 1. The smallest absolute Gasteiger partial charge is 0.410 e. The second-order valence-corrected chi connectivity index (χ2v) is 12.9. The van der Waals surface area contributed by atoms with Gasteiger partial charge in [-0.05, 0) is 64.4 Å². The number of aromatic nitrogens is 2. The predicted molar refractivity (Wildman–Crippen MR) is 173 cm³/mol. The zero-order valence-corrected chi connectivity index (χ0v) is 26.5. The first-order chi connectivity index (χ1) is 21.3. The van der Waals surface area contributed by atoms with Crippen LogP contribution in [-0.4, -0.2) is 90.9 Å². The average molecular weight is 619 g/mol. The molecule has 240 valence electrons. The van der Waals surface area contributed by atoms with E-state index in [1.165, 1.54) is 0 Å². The summed E-state index contributed by atoms with van der Waals surface area (Å²) >= 11 is 0. The molecule has 3 amide bonds. The first-order valence-corrected chi connectivity index (χ1v) is 15.2. The molecule has 13 heteroatoms. The van der Waals surface area contributed by atoms with Gasteiger partial charge in [0, 0.05) is 62.6 Å². The lowest BCUT2D eigenvalue weighted by Gasteiger charge is -2.39. The van der Waals surface area contributed by atoms with Crippen LogP contribution in [0.4, 0.5) is 26.7 Å². The second-order valence-electron chi connectivity index (χ2n) is 12.9. The quantitative estimate of drug-likeness (QED) is 0.371. The molecule has 0 bridgehead atoms. The Morgan fingerprint density at radius 2 is 1.78 bits per heavy atom. The van der Waals surface area contributed by atoms with E-state index in [9.17, 15) is 14.4 Å². The highest BCUT2D eigenvalue weighted by Gasteiger charge is 2.30. The van der Waals surface area contributed by atoms with Gasteiger partial charge in [0.2, 0.25) is 0 Å². The van der Waals surface area contributed by atoms with Crippen LogP contribution in [0.2, 0.25) is 0 Å². The number of alkyl carbamates (subject to hydrolysis) is 1. The van der Waals surface area contributed by atoms with E-state index in [-0.39, 0.29) is 23.4 Å². The number of pyridine rings is 2. The van der Waals surface area contributed by atoms with Crippen LogP contribution in [0.3, 0.4) is 0 Å². The van der Waals surface area contributed by atoms with Crippen molar-refractivity contribution in [2.75, 3.05) is 61.4 Å². The van der Waals surface area contributed by atoms with Crippen LogP contribution in [0, 0.1) is 5.92 Å². The van der Waals surface area contributed by atoms with E-state index in [0.29, 0.717) is 29.7 Å². The summed E-state index contributed by atoms with van der Waals surface area (Å²) in [6.45, 7) is 12.5. The largest absolute Gasteiger partial charge is 0.444 e. The van der Waals surface area contributed by atoms with Crippen LogP contribution in [0.25, 0.3) is 10.9 Å². The highest BCUT2D eigenvalue weighted by molar-refractivity contribution is 6.08. The summed E-state index contributed by atoms with van der Waals surface area (Å²) in [6, 6.07) is 9.08. The summed E-state index contributed by atoms with van der Waals surface area (Å²) in [5.74, 6) is -0.373. The summed E-state index contributed by atoms with van der Waals surface area (Å²) in [7, 11) is 2.10. The number of carbonyl (C=O) groups is 3. The lowest BCUT2D eigenvalue weighted by Crippen LogP contribution is -2.51. The molecule has 3 aromatic rings. The van der Waals surface area contributed by atoms with Crippen molar-refractivity contribution in [2.45, 2.75) is 45.8 Å². The number of likely N-dealkylation sites (N-methyl/N-ethyl adjacent to an activating group) is 1. The third-order valence-corrected chi connectivity index (χ3v) is 7.83. The van der Waals surface area contributed by atoms with Gasteiger partial charge in [0.25, 0.3) is 5.91 Å². The van der Waals surface area contributed by atoms with E-state index in [1.54, 1.807) is 18.5 Å². The molecule has 2 saturated heterocycles. The van der Waals surface area contributed by atoms with Gasteiger partial charge in [0.15, 0.2) is 11.4 Å². The number of benzene rings is 1. The lowest BCUT2D eigenvalue weighted by atomic mass is 9.95. The van der Waals surface area contributed by atoms with Crippen molar-refractivity contribution in [3.05, 3.63) is 48.4 Å². The predicted octanol–water partition coefficient (Wildman–Crippen LogP) is 3.83. The summed E-state index contributed by atoms with van der Waals surface area (Å²) in [5.41, 5.74) is 7.43. The maximum atomic E-state index is 13.8. The highest BCUT2D eigenvalue weighted by Crippen LogP contribution is 2.32. The number of rotatable bonds is 6. The Bertz CT molecular complexity index is 1570. The van der Waals surface area contributed by atoms with Crippen LogP contribution in [0.15, 0.2) is 42.7 Å². The Hall–Kier alpha value is -4.65. The molecule has 5 rings (SSSR count). The van der Waals surface area contributed by atoms with E-state index in [4.69, 9.17) is 15.2 Å². The van der Waals surface area contributed by atoms with Crippen molar-refractivity contribution in [1.82, 2.24) is 20.2 Å². The molecule has 0 aliphatic carbocycles. The molecule has 2 aliphatic rings. The Kier molecular flexibility index (Phi) is 9.28. The van der Waals surface area contributed by atoms with Crippen molar-refractivity contribution in [3.8, 4) is 5.75 Å². The van der Waals surface area contributed by atoms with Gasteiger partial charge >= 0.3 is 12.2 Å². The number of amides is 3. The number of piperidine rings is 1. The van der Waals surface area contributed by atoms with Crippen molar-refractivity contribution in [3.63, 3.8) is 0 Å². The molecule has 1 aromatic carbocycles. The van der Waals surface area contributed by atoms with Crippen LogP contribution in [0.1, 0.15) is 44.6 Å². The van der Waals surface area contributed by atoms with Gasteiger partial charge in [0.05, 0.1) is 23.1 Å². The maximum absolute atomic E-state index is 13.8. The van der Waals surface area contributed by atoms with E-state index >= 15 is 0 Å². The SMILES string of the molecule is C[C@@H]1C[C@H](NC(=O)OC(C)(C)C)CN(c2ccncc2NC(=O)c2nc3cc(N4CCN(C)CC4)ccc3cc2OC(N)=O)C1. The number of piperazine rings is 1. The van der Waals surface area contributed by atoms with Crippen molar-refractivity contribution in [1.29, 1.82) is 0 Å². The number of anilines is 3. The number of fused-ring (bicyclic) bond motifs is 1. The first kappa shape index (κ1) is 31.8. The molecule has 2 fully saturated rings. The maximum Gasteiger partial charge on any atom is 0.410 e. The number of ether oxygens (including phenoxy) is 2. The van der Waals surface area contributed by atoms with Gasteiger partial charge in [-0.1, -0.05) is 13.0 Å². The molecule has 2 aliphatic heterocycles. The topological polar surface area (TPSA) is 155 Å². The Morgan fingerprint density at radius 3 is 2.49 bits per heavy atom. The normalized spacial score (nSPS) is 19.2. The number of hydrogen-bond acceptors (Lipinski definition) is 10. The monoisotopic (exact) mass is 618 g/mol. The summed E-state index contributed by atoms with van der Waals surface area (Å²) < 4.78 is 10.7. The first-order valence-electron chi connectivity index (χ1n) is 15.2. The standard InChI is InChI=1S/C32H42N8O5/c1-20-14-22(35-31(43)45-32(2,3)4)19-40(18-20)26-8-9-34-17-25(26)37-29(41)28-27(44-30(33)42)15-21-6-7-23(16-24(21)36-28)39-12-10-38(5)11-13-39/h6-9,15-17,20,22H,10-14,18-19H2,1-5H3,(H2,33,42)(H,35,43)(H,37,41)/t20-,22+/m1/s1. The minimum Gasteiger partial charge on any atom is -0.444 e. The van der Waals surface area contributed by atoms with E-state index in [2.05, 4.69) is 49.3 Å². The molecule has 0 saturated carbocycles. The summed E-state index contributed by atoms with van der Waals surface area (Å²) in [4.78, 5) is 53.6. The van der Waals surface area contributed by atoms with Gasteiger partial charge in [-0.3, -0.25) is 9.78 Å². The molecule has 13 nitrogen and oxygen atoms in total. The molecule has 0 spiro atoms. The van der Waals surface area contributed by atoms with Crippen molar-refractivity contribution < 1.29 is 23.9 Å². The average Bonchev–Trinajstić information content (AvgIpc) is 2.95. The van der Waals surface area contributed by atoms with Gasteiger partial charge in [-0.2, -0.15) is 0 Å². The van der Waals surface area contributed by atoms with Crippen LogP contribution in [-0.2, 0) is 4.74 Å². The molecule has 45 heavy (non-hydrogen) atoms. The number of nitrogens with two attached hydrogens (primary N) is 1. The molecular weight excluding hydrogens is 576 g/mol. The third-order valence-electron chi connectivity index (χ3n) is 7.83. The van der Waals surface area contributed by atoms with Gasteiger partial charge in [-0.15, -0.1) is 0 Å². The van der Waals surface area contributed by atoms with E-state index < -0.39 is 23.7 Å². The summed E-state index contributed by atoms with van der Waals surface area (Å²) in [5, 5.41) is 6.61. The van der Waals surface area contributed by atoms with E-state index in [0.717, 1.165) is 44.0 Å². The number of hydrogen-bond donors (Lipinski definition) is 3. The fourth-order valence-electron chi connectivity index (χ4n) is 5.81. The molecule has 4 heterocycles. The number of nitrogens with one attached hydrogen (secondary N) is 2.